The first-order chi connectivity index (χ1) is 12.3. The van der Waals surface area contributed by atoms with Crippen LogP contribution in [0.25, 0.3) is 17.0 Å². The first kappa shape index (κ1) is 15.8. The van der Waals surface area contributed by atoms with E-state index >= 15 is 0 Å². The lowest BCUT2D eigenvalue weighted by molar-refractivity contribution is 0.380. The smallest absolute Gasteiger partial charge is 0.186 e. The molecule has 7 nitrogen and oxygen atoms in total. The van der Waals surface area contributed by atoms with Gasteiger partial charge in [-0.25, -0.2) is 0 Å². The van der Waals surface area contributed by atoms with Crippen LogP contribution in [0.2, 0.25) is 0 Å². The van der Waals surface area contributed by atoms with E-state index in [1.807, 2.05) is 29.0 Å². The molecule has 0 bridgehead atoms. The van der Waals surface area contributed by atoms with E-state index in [2.05, 4.69) is 39.6 Å². The van der Waals surface area contributed by atoms with Crippen molar-refractivity contribution >= 4 is 22.8 Å². The van der Waals surface area contributed by atoms with Gasteiger partial charge in [0.15, 0.2) is 11.5 Å². The van der Waals surface area contributed by atoms with Gasteiger partial charge in [-0.15, -0.1) is 15.3 Å². The highest BCUT2D eigenvalue weighted by Gasteiger charge is 2.14. The summed E-state index contributed by atoms with van der Waals surface area (Å²) in [6.45, 7) is 4.78. The number of nitrogens with zero attached hydrogens (tertiary/aromatic N) is 5. The van der Waals surface area contributed by atoms with E-state index in [1.165, 1.54) is 0 Å². The fourth-order valence-corrected chi connectivity index (χ4v) is 3.41. The van der Waals surface area contributed by atoms with E-state index in [-0.39, 0.29) is 0 Å². The zero-order chi connectivity index (χ0) is 17.2. The number of aromatic nitrogens is 5. The Morgan fingerprint density at radius 1 is 1.16 bits per heavy atom. The van der Waals surface area contributed by atoms with Crippen molar-refractivity contribution in [1.29, 1.82) is 0 Å². The van der Waals surface area contributed by atoms with E-state index in [1.54, 1.807) is 15.9 Å². The molecule has 0 radical (unpaired) electrons. The fourth-order valence-electron chi connectivity index (χ4n) is 2.77. The van der Waals surface area contributed by atoms with Crippen molar-refractivity contribution in [3.8, 4) is 11.4 Å². The summed E-state index contributed by atoms with van der Waals surface area (Å²) in [5, 5.41) is 24.6. The summed E-state index contributed by atoms with van der Waals surface area (Å²) in [4.78, 5) is 0. The Kier molecular flexibility index (Phi) is 4.19. The summed E-state index contributed by atoms with van der Waals surface area (Å²) in [5.74, 6) is 2.43. The molecule has 128 valence electrons. The predicted molar refractivity (Wildman–Crippen MR) is 96.7 cm³/mol. The van der Waals surface area contributed by atoms with Crippen molar-refractivity contribution in [1.82, 2.24) is 25.0 Å². The molecule has 0 aliphatic carbocycles. The highest BCUT2D eigenvalue weighted by Crippen LogP contribution is 2.21. The van der Waals surface area contributed by atoms with Gasteiger partial charge < -0.3 is 9.84 Å². The largest absolute Gasteiger partial charge is 0.364 e. The zero-order valence-corrected chi connectivity index (χ0v) is 14.9. The third kappa shape index (κ3) is 2.89. The Morgan fingerprint density at radius 2 is 2.08 bits per heavy atom. The quantitative estimate of drug-likeness (QED) is 0.570. The fraction of sp³-hybridized carbons (Fsp3) is 0.294. The van der Waals surface area contributed by atoms with Gasteiger partial charge in [-0.05, 0) is 30.0 Å². The van der Waals surface area contributed by atoms with Gasteiger partial charge in [-0.3, -0.25) is 0 Å². The van der Waals surface area contributed by atoms with Crippen LogP contribution >= 0.6 is 11.3 Å². The molecule has 0 aliphatic rings. The lowest BCUT2D eigenvalue weighted by Gasteiger charge is -2.07. The van der Waals surface area contributed by atoms with Crippen LogP contribution in [0.1, 0.15) is 30.9 Å². The van der Waals surface area contributed by atoms with Crippen molar-refractivity contribution in [2.45, 2.75) is 33.2 Å². The Morgan fingerprint density at radius 3 is 2.84 bits per heavy atom. The normalized spacial score (nSPS) is 11.3. The van der Waals surface area contributed by atoms with Crippen molar-refractivity contribution in [2.24, 2.45) is 0 Å². The molecule has 0 unspecified atom stereocenters. The summed E-state index contributed by atoms with van der Waals surface area (Å²) in [7, 11) is 0. The van der Waals surface area contributed by atoms with Gasteiger partial charge >= 0.3 is 0 Å². The van der Waals surface area contributed by atoms with Crippen LogP contribution in [0.5, 0.6) is 0 Å². The highest BCUT2D eigenvalue weighted by molar-refractivity contribution is 7.08. The number of anilines is 1. The monoisotopic (exact) mass is 354 g/mol. The van der Waals surface area contributed by atoms with E-state index in [0.29, 0.717) is 6.54 Å². The van der Waals surface area contributed by atoms with Crippen molar-refractivity contribution in [3.05, 3.63) is 46.0 Å². The van der Waals surface area contributed by atoms with Crippen LogP contribution in [0.3, 0.4) is 0 Å². The van der Waals surface area contributed by atoms with E-state index < -0.39 is 0 Å². The molecule has 4 aromatic rings. The second-order valence-corrected chi connectivity index (χ2v) is 6.40. The number of rotatable bonds is 6. The van der Waals surface area contributed by atoms with Gasteiger partial charge in [0.25, 0.3) is 0 Å². The molecule has 0 aromatic carbocycles. The SMILES string of the molecule is CCc1noc(CC)c1CNc1ccc2nnc(-c3ccsc3)n2n1. The minimum absolute atomic E-state index is 0.629. The number of nitrogens with one attached hydrogen (secondary N) is 1. The maximum absolute atomic E-state index is 5.42. The summed E-state index contributed by atoms with van der Waals surface area (Å²) >= 11 is 1.63. The first-order valence-corrected chi connectivity index (χ1v) is 9.19. The average molecular weight is 354 g/mol. The number of thiophene rings is 1. The van der Waals surface area contributed by atoms with Gasteiger partial charge in [0.2, 0.25) is 0 Å². The summed E-state index contributed by atoms with van der Waals surface area (Å²) in [6, 6.07) is 5.83. The molecule has 8 heteroatoms. The second kappa shape index (κ2) is 6.64. The van der Waals surface area contributed by atoms with Crippen LogP contribution in [-0.4, -0.2) is 25.0 Å². The number of hydrogen-bond acceptors (Lipinski definition) is 7. The van der Waals surface area contributed by atoms with Crippen molar-refractivity contribution in [3.63, 3.8) is 0 Å². The Hall–Kier alpha value is -2.74. The third-order valence-electron chi connectivity index (χ3n) is 4.10. The Bertz CT molecular complexity index is 967. The third-order valence-corrected chi connectivity index (χ3v) is 4.78. The van der Waals surface area contributed by atoms with Crippen molar-refractivity contribution < 1.29 is 4.52 Å². The molecule has 4 aromatic heterocycles. The van der Waals surface area contributed by atoms with Gasteiger partial charge in [0, 0.05) is 29.5 Å². The topological polar surface area (TPSA) is 81.1 Å². The van der Waals surface area contributed by atoms with Gasteiger partial charge in [0.05, 0.1) is 5.69 Å². The van der Waals surface area contributed by atoms with Crippen molar-refractivity contribution in [2.75, 3.05) is 5.32 Å². The minimum atomic E-state index is 0.629. The molecule has 0 fully saturated rings. The highest BCUT2D eigenvalue weighted by atomic mass is 32.1. The van der Waals surface area contributed by atoms with E-state index in [0.717, 1.165) is 52.7 Å². The maximum atomic E-state index is 5.42. The average Bonchev–Trinajstić information content (AvgIpc) is 3.37. The molecule has 1 N–H and O–H groups in total. The second-order valence-electron chi connectivity index (χ2n) is 5.62. The summed E-state index contributed by atoms with van der Waals surface area (Å²) in [5.41, 5.74) is 3.85. The Labute approximate surface area is 148 Å². The van der Waals surface area contributed by atoms with Crippen LogP contribution in [-0.2, 0) is 19.4 Å². The number of hydrogen-bond donors (Lipinski definition) is 1. The van der Waals surface area contributed by atoms with Crippen LogP contribution in [0.4, 0.5) is 5.82 Å². The summed E-state index contributed by atoms with van der Waals surface area (Å²) < 4.78 is 7.18. The molecule has 4 rings (SSSR count). The molecular formula is C17H18N6OS. The Balaban J connectivity index is 1.62. The van der Waals surface area contributed by atoms with E-state index in [9.17, 15) is 0 Å². The molecule has 0 amide bonds. The summed E-state index contributed by atoms with van der Waals surface area (Å²) in [6.07, 6.45) is 1.67. The molecule has 0 atom stereocenters. The molecule has 4 heterocycles. The van der Waals surface area contributed by atoms with Crippen LogP contribution in [0, 0.1) is 0 Å². The molecule has 25 heavy (non-hydrogen) atoms. The van der Waals surface area contributed by atoms with Crippen LogP contribution in [0.15, 0.2) is 33.5 Å². The van der Waals surface area contributed by atoms with Gasteiger partial charge in [0.1, 0.15) is 11.6 Å². The first-order valence-electron chi connectivity index (χ1n) is 8.25. The standard InChI is InChI=1S/C17H18N6OS/c1-3-13-12(14(4-2)24-22-13)9-18-15-5-6-16-19-20-17(23(16)21-15)11-7-8-25-10-11/h5-8,10H,3-4,9H2,1-2H3,(H,18,21). The number of aryl methyl sites for hydroxylation is 2. The maximum Gasteiger partial charge on any atom is 0.186 e. The molecule has 0 saturated heterocycles. The molecule has 0 saturated carbocycles. The van der Waals surface area contributed by atoms with Gasteiger partial charge in [-0.2, -0.15) is 15.9 Å². The van der Waals surface area contributed by atoms with Gasteiger partial charge in [-0.1, -0.05) is 19.0 Å². The predicted octanol–water partition coefficient (Wildman–Crippen LogP) is 3.58. The number of fused-ring (bicyclic) bond motifs is 1. The minimum Gasteiger partial charge on any atom is -0.364 e. The van der Waals surface area contributed by atoms with E-state index in [4.69, 9.17) is 4.52 Å². The molecular weight excluding hydrogens is 336 g/mol. The molecule has 0 aliphatic heterocycles. The zero-order valence-electron chi connectivity index (χ0n) is 14.1. The molecule has 0 spiro atoms. The van der Waals surface area contributed by atoms with Crippen LogP contribution < -0.4 is 5.32 Å². The lowest BCUT2D eigenvalue weighted by atomic mass is 10.1. The lowest BCUT2D eigenvalue weighted by Crippen LogP contribution is -2.07.